The third-order valence-corrected chi connectivity index (χ3v) is 2.45. The molecule has 0 saturated heterocycles. The van der Waals surface area contributed by atoms with E-state index in [1.165, 1.54) is 0 Å². The maximum Gasteiger partial charge on any atom is 0.115 e. The van der Waals surface area contributed by atoms with Gasteiger partial charge in [0.1, 0.15) is 6.33 Å². The first-order valence-corrected chi connectivity index (χ1v) is 4.72. The van der Waals surface area contributed by atoms with Crippen LogP contribution in [-0.4, -0.2) is 17.0 Å². The topological polar surface area (TPSA) is 37.8 Å². The molecule has 13 heavy (non-hydrogen) atoms. The molecule has 1 rings (SSSR count). The highest BCUT2D eigenvalue weighted by Crippen LogP contribution is 2.21. The molecule has 0 saturated carbocycles. The zero-order chi connectivity index (χ0) is 9.68. The predicted octanol–water partition coefficient (Wildman–Crippen LogP) is 1.78. The van der Waals surface area contributed by atoms with Crippen molar-refractivity contribution < 1.29 is 0 Å². The van der Waals surface area contributed by atoms with Crippen molar-refractivity contribution in [1.82, 2.24) is 15.3 Å². The lowest BCUT2D eigenvalue weighted by molar-refractivity contribution is 0.392. The SMILES string of the molecule is CCC(C)C(NC)c1ccncn1. The number of rotatable bonds is 4. The van der Waals surface area contributed by atoms with E-state index in [0.29, 0.717) is 12.0 Å². The fraction of sp³-hybridized carbons (Fsp3) is 0.600. The Bertz CT molecular complexity index is 235. The molecule has 2 atom stereocenters. The summed E-state index contributed by atoms with van der Waals surface area (Å²) in [7, 11) is 1.97. The van der Waals surface area contributed by atoms with Crippen molar-refractivity contribution in [3.05, 3.63) is 24.3 Å². The van der Waals surface area contributed by atoms with E-state index >= 15 is 0 Å². The molecule has 1 aromatic heterocycles. The Morgan fingerprint density at radius 2 is 2.31 bits per heavy atom. The summed E-state index contributed by atoms with van der Waals surface area (Å²) in [5, 5.41) is 3.28. The van der Waals surface area contributed by atoms with E-state index in [0.717, 1.165) is 12.1 Å². The maximum absolute atomic E-state index is 4.25. The minimum atomic E-state index is 0.341. The minimum Gasteiger partial charge on any atom is -0.311 e. The molecule has 3 heteroatoms. The van der Waals surface area contributed by atoms with Crippen molar-refractivity contribution in [1.29, 1.82) is 0 Å². The summed E-state index contributed by atoms with van der Waals surface area (Å²) in [5.74, 6) is 0.597. The van der Waals surface area contributed by atoms with Crippen LogP contribution in [0.15, 0.2) is 18.6 Å². The van der Waals surface area contributed by atoms with E-state index in [1.807, 2.05) is 13.1 Å². The smallest absolute Gasteiger partial charge is 0.115 e. The van der Waals surface area contributed by atoms with Crippen molar-refractivity contribution in [3.8, 4) is 0 Å². The highest BCUT2D eigenvalue weighted by atomic mass is 14.9. The molecule has 2 unspecified atom stereocenters. The molecule has 0 bridgehead atoms. The van der Waals surface area contributed by atoms with E-state index in [2.05, 4.69) is 29.1 Å². The Kier molecular flexibility index (Phi) is 3.83. The summed E-state index contributed by atoms with van der Waals surface area (Å²) >= 11 is 0. The van der Waals surface area contributed by atoms with Gasteiger partial charge in [-0.15, -0.1) is 0 Å². The number of nitrogens with zero attached hydrogens (tertiary/aromatic N) is 2. The second-order valence-corrected chi connectivity index (χ2v) is 3.29. The number of aromatic nitrogens is 2. The maximum atomic E-state index is 4.25. The monoisotopic (exact) mass is 179 g/mol. The van der Waals surface area contributed by atoms with Gasteiger partial charge in [0.15, 0.2) is 0 Å². The third kappa shape index (κ3) is 2.49. The van der Waals surface area contributed by atoms with Gasteiger partial charge in [0.2, 0.25) is 0 Å². The van der Waals surface area contributed by atoms with Crippen molar-refractivity contribution in [3.63, 3.8) is 0 Å². The molecule has 0 aromatic carbocycles. The lowest BCUT2D eigenvalue weighted by Gasteiger charge is -2.21. The van der Waals surface area contributed by atoms with Crippen molar-refractivity contribution >= 4 is 0 Å². The van der Waals surface area contributed by atoms with Crippen LogP contribution in [0, 0.1) is 5.92 Å². The molecular weight excluding hydrogens is 162 g/mol. The Morgan fingerprint density at radius 3 is 2.77 bits per heavy atom. The van der Waals surface area contributed by atoms with Crippen LogP contribution in [-0.2, 0) is 0 Å². The second-order valence-electron chi connectivity index (χ2n) is 3.29. The summed E-state index contributed by atoms with van der Waals surface area (Å²) in [4.78, 5) is 8.15. The molecule has 1 heterocycles. The first-order valence-electron chi connectivity index (χ1n) is 4.72. The fourth-order valence-electron chi connectivity index (χ4n) is 1.44. The number of hydrogen-bond donors (Lipinski definition) is 1. The summed E-state index contributed by atoms with van der Waals surface area (Å²) in [6.07, 6.45) is 4.53. The van der Waals surface area contributed by atoms with Crippen LogP contribution < -0.4 is 5.32 Å². The van der Waals surface area contributed by atoms with Gasteiger partial charge in [-0.25, -0.2) is 9.97 Å². The van der Waals surface area contributed by atoms with E-state index in [9.17, 15) is 0 Å². The number of hydrogen-bond acceptors (Lipinski definition) is 3. The average Bonchev–Trinajstić information content (AvgIpc) is 2.20. The Hall–Kier alpha value is -0.960. The fourth-order valence-corrected chi connectivity index (χ4v) is 1.44. The van der Waals surface area contributed by atoms with E-state index in [1.54, 1.807) is 12.5 Å². The molecule has 0 radical (unpaired) electrons. The van der Waals surface area contributed by atoms with Crippen LogP contribution in [0.5, 0.6) is 0 Å². The van der Waals surface area contributed by atoms with Crippen LogP contribution >= 0.6 is 0 Å². The zero-order valence-electron chi connectivity index (χ0n) is 8.49. The highest BCUT2D eigenvalue weighted by Gasteiger charge is 2.16. The molecule has 0 aliphatic heterocycles. The molecule has 72 valence electrons. The predicted molar refractivity (Wildman–Crippen MR) is 53.3 cm³/mol. The normalized spacial score (nSPS) is 15.3. The van der Waals surface area contributed by atoms with Gasteiger partial charge in [-0.1, -0.05) is 20.3 Å². The van der Waals surface area contributed by atoms with E-state index in [-0.39, 0.29) is 0 Å². The first-order chi connectivity index (χ1) is 6.29. The highest BCUT2D eigenvalue weighted by molar-refractivity contribution is 5.05. The average molecular weight is 179 g/mol. The van der Waals surface area contributed by atoms with Crippen molar-refractivity contribution in [2.75, 3.05) is 7.05 Å². The minimum absolute atomic E-state index is 0.341. The lowest BCUT2D eigenvalue weighted by atomic mass is 9.96. The summed E-state index contributed by atoms with van der Waals surface area (Å²) < 4.78 is 0. The van der Waals surface area contributed by atoms with Gasteiger partial charge in [0.05, 0.1) is 11.7 Å². The standard InChI is InChI=1S/C10H17N3/c1-4-8(2)10(11-3)9-5-6-12-7-13-9/h5-8,10-11H,4H2,1-3H3. The van der Waals surface area contributed by atoms with Gasteiger partial charge in [0.25, 0.3) is 0 Å². The Labute approximate surface area is 79.6 Å². The van der Waals surface area contributed by atoms with E-state index < -0.39 is 0 Å². The molecule has 1 N–H and O–H groups in total. The van der Waals surface area contributed by atoms with Crippen LogP contribution in [0.3, 0.4) is 0 Å². The van der Waals surface area contributed by atoms with Gasteiger partial charge in [-0.2, -0.15) is 0 Å². The largest absolute Gasteiger partial charge is 0.311 e. The molecule has 0 fully saturated rings. The van der Waals surface area contributed by atoms with Gasteiger partial charge in [-0.3, -0.25) is 0 Å². The quantitative estimate of drug-likeness (QED) is 0.765. The second kappa shape index (κ2) is 4.92. The van der Waals surface area contributed by atoms with Gasteiger partial charge < -0.3 is 5.32 Å². The molecular formula is C10H17N3. The van der Waals surface area contributed by atoms with Gasteiger partial charge in [0, 0.05) is 6.20 Å². The Morgan fingerprint density at radius 1 is 1.54 bits per heavy atom. The van der Waals surface area contributed by atoms with Gasteiger partial charge >= 0.3 is 0 Å². The molecule has 0 spiro atoms. The van der Waals surface area contributed by atoms with Crippen molar-refractivity contribution in [2.24, 2.45) is 5.92 Å². The lowest BCUT2D eigenvalue weighted by Crippen LogP contribution is -2.24. The summed E-state index contributed by atoms with van der Waals surface area (Å²) in [5.41, 5.74) is 1.08. The van der Waals surface area contributed by atoms with Crippen LogP contribution in [0.2, 0.25) is 0 Å². The molecule has 3 nitrogen and oxygen atoms in total. The van der Waals surface area contributed by atoms with E-state index in [4.69, 9.17) is 0 Å². The van der Waals surface area contributed by atoms with Crippen molar-refractivity contribution in [2.45, 2.75) is 26.3 Å². The van der Waals surface area contributed by atoms with Crippen LogP contribution in [0.4, 0.5) is 0 Å². The molecule has 0 amide bonds. The summed E-state index contributed by atoms with van der Waals surface area (Å²) in [6, 6.07) is 2.31. The van der Waals surface area contributed by atoms with Crippen LogP contribution in [0.25, 0.3) is 0 Å². The molecule has 0 aliphatic carbocycles. The zero-order valence-corrected chi connectivity index (χ0v) is 8.49. The number of nitrogens with one attached hydrogen (secondary N) is 1. The molecule has 0 aliphatic rings. The summed E-state index contributed by atoms with van der Waals surface area (Å²) in [6.45, 7) is 4.42. The first kappa shape index (κ1) is 10.1. The van der Waals surface area contributed by atoms with Crippen LogP contribution in [0.1, 0.15) is 32.0 Å². The van der Waals surface area contributed by atoms with Gasteiger partial charge in [-0.05, 0) is 19.0 Å². The third-order valence-electron chi connectivity index (χ3n) is 2.45. The molecule has 1 aromatic rings. The Balaban J connectivity index is 2.78.